The highest BCUT2D eigenvalue weighted by molar-refractivity contribution is 5.84. The van der Waals surface area contributed by atoms with Gasteiger partial charge in [0.1, 0.15) is 0 Å². The van der Waals surface area contributed by atoms with Crippen LogP contribution in [-0.4, -0.2) is 83.8 Å². The fourth-order valence-electron chi connectivity index (χ4n) is 3.72. The van der Waals surface area contributed by atoms with Crippen molar-refractivity contribution < 1.29 is 24.0 Å². The summed E-state index contributed by atoms with van der Waals surface area (Å²) >= 11 is 0. The zero-order valence-corrected chi connectivity index (χ0v) is 24.5. The number of nitrogens with zero attached hydrogens (tertiary/aromatic N) is 6. The van der Waals surface area contributed by atoms with Crippen LogP contribution >= 0.6 is 0 Å². The van der Waals surface area contributed by atoms with Gasteiger partial charge < -0.3 is 16.4 Å². The molecule has 5 amide bonds. The zero-order valence-electron chi connectivity index (χ0n) is 24.5. The summed E-state index contributed by atoms with van der Waals surface area (Å²) in [6.07, 6.45) is 5.18. The molecule has 0 radical (unpaired) electrons. The van der Waals surface area contributed by atoms with Crippen LogP contribution in [0.5, 0.6) is 0 Å². The highest BCUT2D eigenvalue weighted by atomic mass is 16.3. The Hall–Kier alpha value is -3.89. The molecule has 0 atom stereocenters. The molecule has 0 saturated carbocycles. The standard InChI is InChI=1S/C25H45N9O8/c1-21(35)32(29-40)18-9-3-6-16-27-22(36)12-14-25(39)34(31-42)20-10-4-7-17-28-23(37)11-13-24(38)33(30-41)19-8-2-5-15-26/h2-20,26H2,1H3,(H,27,36)(H,28,37). The first-order valence-electron chi connectivity index (χ1n) is 14.3. The lowest BCUT2D eigenvalue weighted by atomic mass is 10.2. The van der Waals surface area contributed by atoms with Gasteiger partial charge in [-0.25, -0.2) is 0 Å². The summed E-state index contributed by atoms with van der Waals surface area (Å²) in [4.78, 5) is 91.6. The average molecular weight is 600 g/mol. The van der Waals surface area contributed by atoms with Crippen LogP contribution in [0, 0.1) is 14.7 Å². The van der Waals surface area contributed by atoms with E-state index in [2.05, 4.69) is 26.5 Å². The lowest BCUT2D eigenvalue weighted by molar-refractivity contribution is -0.134. The number of unbranched alkanes of at least 4 members (excludes halogenated alkanes) is 6. The molecule has 42 heavy (non-hydrogen) atoms. The quantitative estimate of drug-likeness (QED) is 0.0745. The SMILES string of the molecule is CC(=O)N(CCCCCNC(=O)CCC(=O)N(CCCCCNC(=O)CCC(=O)N(CCCCCN)N=O)N=O)N=O. The van der Waals surface area contributed by atoms with E-state index in [9.17, 15) is 38.7 Å². The number of nitrogens with one attached hydrogen (secondary N) is 2. The number of carbonyl (C=O) groups excluding carboxylic acids is 5. The molecule has 0 heterocycles. The van der Waals surface area contributed by atoms with E-state index < -0.39 is 17.7 Å². The molecule has 0 aromatic heterocycles. The molecule has 238 valence electrons. The number of hydrogen-bond acceptors (Lipinski definition) is 12. The Balaban J connectivity index is 3.97. The number of hydrogen-bond donors (Lipinski definition) is 3. The topological polar surface area (TPSA) is 233 Å². The second kappa shape index (κ2) is 24.9. The smallest absolute Gasteiger partial charge is 0.245 e. The summed E-state index contributed by atoms with van der Waals surface area (Å²) in [5, 5.41) is 15.9. The summed E-state index contributed by atoms with van der Waals surface area (Å²) in [6, 6.07) is 0. The Morgan fingerprint density at radius 2 is 0.929 bits per heavy atom. The molecule has 0 fully saturated rings. The Bertz CT molecular complexity index is 875. The first-order valence-corrected chi connectivity index (χ1v) is 14.3. The van der Waals surface area contributed by atoms with Gasteiger partial charge in [-0.15, -0.1) is 14.7 Å². The normalized spacial score (nSPS) is 10.3. The van der Waals surface area contributed by atoms with Crippen LogP contribution in [-0.2, 0) is 24.0 Å². The minimum atomic E-state index is -0.568. The molecule has 0 aliphatic rings. The van der Waals surface area contributed by atoms with Crippen LogP contribution < -0.4 is 16.4 Å². The number of nitrogens with two attached hydrogens (primary N) is 1. The van der Waals surface area contributed by atoms with E-state index in [0.29, 0.717) is 64.6 Å². The maximum Gasteiger partial charge on any atom is 0.245 e. The predicted octanol–water partition coefficient (Wildman–Crippen LogP) is 1.80. The number of amides is 5. The first-order chi connectivity index (χ1) is 20.2. The van der Waals surface area contributed by atoms with Crippen molar-refractivity contribution in [1.29, 1.82) is 0 Å². The summed E-state index contributed by atoms with van der Waals surface area (Å²) in [7, 11) is 0. The van der Waals surface area contributed by atoms with Gasteiger partial charge >= 0.3 is 0 Å². The van der Waals surface area contributed by atoms with Gasteiger partial charge in [0.15, 0.2) is 0 Å². The molecule has 0 rings (SSSR count). The number of nitroso groups, excluding NO2 is 3. The van der Waals surface area contributed by atoms with Crippen molar-refractivity contribution in [3.05, 3.63) is 14.7 Å². The molecule has 0 bridgehead atoms. The minimum Gasteiger partial charge on any atom is -0.356 e. The van der Waals surface area contributed by atoms with Crippen molar-refractivity contribution in [2.75, 3.05) is 39.3 Å². The van der Waals surface area contributed by atoms with Crippen molar-refractivity contribution in [1.82, 2.24) is 25.7 Å². The molecule has 0 saturated heterocycles. The molecule has 17 nitrogen and oxygen atoms in total. The second-order valence-electron chi connectivity index (χ2n) is 9.59. The van der Waals surface area contributed by atoms with Crippen molar-refractivity contribution in [3.63, 3.8) is 0 Å². The Morgan fingerprint density at radius 3 is 1.29 bits per heavy atom. The van der Waals surface area contributed by atoms with E-state index in [1.807, 2.05) is 0 Å². The van der Waals surface area contributed by atoms with Gasteiger partial charge in [-0.2, -0.15) is 15.0 Å². The van der Waals surface area contributed by atoms with Gasteiger partial charge in [0.2, 0.25) is 29.5 Å². The van der Waals surface area contributed by atoms with Crippen molar-refractivity contribution in [2.45, 2.75) is 90.4 Å². The third-order valence-electron chi connectivity index (χ3n) is 6.18. The Labute approximate surface area is 245 Å². The molecule has 0 unspecified atom stereocenters. The molecule has 0 spiro atoms. The van der Waals surface area contributed by atoms with E-state index in [4.69, 9.17) is 5.73 Å². The summed E-state index contributed by atoms with van der Waals surface area (Å²) in [6.45, 7) is 2.98. The summed E-state index contributed by atoms with van der Waals surface area (Å²) < 4.78 is 0. The minimum absolute atomic E-state index is 0.0719. The lowest BCUT2D eigenvalue weighted by Crippen LogP contribution is -2.30. The second-order valence-corrected chi connectivity index (χ2v) is 9.59. The van der Waals surface area contributed by atoms with Crippen molar-refractivity contribution in [2.24, 2.45) is 21.6 Å². The Morgan fingerprint density at radius 1 is 0.548 bits per heavy atom. The van der Waals surface area contributed by atoms with Gasteiger partial charge in [-0.3, -0.25) is 24.0 Å². The van der Waals surface area contributed by atoms with Gasteiger partial charge in [0.25, 0.3) is 0 Å². The highest BCUT2D eigenvalue weighted by Crippen LogP contribution is 2.06. The molecule has 0 aliphatic heterocycles. The molecule has 17 heteroatoms. The van der Waals surface area contributed by atoms with E-state index in [-0.39, 0.29) is 57.1 Å². The highest BCUT2D eigenvalue weighted by Gasteiger charge is 2.17. The van der Waals surface area contributed by atoms with Crippen LogP contribution in [0.15, 0.2) is 15.9 Å². The van der Waals surface area contributed by atoms with E-state index >= 15 is 0 Å². The molecule has 0 aromatic carbocycles. The number of carbonyl (C=O) groups is 5. The van der Waals surface area contributed by atoms with Crippen molar-refractivity contribution in [3.8, 4) is 0 Å². The molecular formula is C25H45N9O8. The van der Waals surface area contributed by atoms with E-state index in [1.54, 1.807) is 0 Å². The van der Waals surface area contributed by atoms with Crippen molar-refractivity contribution >= 4 is 29.5 Å². The number of rotatable bonds is 26. The van der Waals surface area contributed by atoms with Crippen LogP contribution in [0.2, 0.25) is 0 Å². The molecule has 0 aromatic rings. The van der Waals surface area contributed by atoms with Gasteiger partial charge in [0, 0.05) is 65.3 Å². The van der Waals surface area contributed by atoms with Gasteiger partial charge in [-0.1, -0.05) is 6.42 Å². The predicted molar refractivity (Wildman–Crippen MR) is 153 cm³/mol. The Kier molecular flexibility index (Phi) is 22.6. The summed E-state index contributed by atoms with van der Waals surface area (Å²) in [5.41, 5.74) is 5.40. The first kappa shape index (κ1) is 38.1. The maximum absolute atomic E-state index is 12.2. The molecular weight excluding hydrogens is 554 g/mol. The van der Waals surface area contributed by atoms with Crippen LogP contribution in [0.1, 0.15) is 90.4 Å². The summed E-state index contributed by atoms with van der Waals surface area (Å²) in [5.74, 6) is -2.19. The third kappa shape index (κ3) is 19.2. The van der Waals surface area contributed by atoms with Crippen LogP contribution in [0.4, 0.5) is 0 Å². The van der Waals surface area contributed by atoms with E-state index in [0.717, 1.165) is 27.9 Å². The fraction of sp³-hybridized carbons (Fsp3) is 0.800. The van der Waals surface area contributed by atoms with E-state index in [1.165, 1.54) is 6.92 Å². The zero-order chi connectivity index (χ0) is 31.6. The third-order valence-corrected chi connectivity index (χ3v) is 6.18. The van der Waals surface area contributed by atoms with Gasteiger partial charge in [0.05, 0.1) is 15.9 Å². The van der Waals surface area contributed by atoms with Crippen LogP contribution in [0.3, 0.4) is 0 Å². The largest absolute Gasteiger partial charge is 0.356 e. The lowest BCUT2D eigenvalue weighted by Gasteiger charge is -2.14. The van der Waals surface area contributed by atoms with Crippen LogP contribution in [0.25, 0.3) is 0 Å². The fourth-order valence-corrected chi connectivity index (χ4v) is 3.72. The van der Waals surface area contributed by atoms with Gasteiger partial charge in [-0.05, 0) is 57.9 Å². The molecule has 4 N–H and O–H groups in total. The maximum atomic E-state index is 12.2. The molecule has 0 aliphatic carbocycles. The average Bonchev–Trinajstić information content (AvgIpc) is 2.97. The monoisotopic (exact) mass is 599 g/mol.